The van der Waals surface area contributed by atoms with E-state index in [2.05, 4.69) is 10.2 Å². The zero-order chi connectivity index (χ0) is 14.1. The lowest BCUT2D eigenvalue weighted by Crippen LogP contribution is -2.44. The molecule has 1 saturated heterocycles. The molecule has 0 aromatic heterocycles. The van der Waals surface area contributed by atoms with Crippen molar-refractivity contribution in [3.8, 4) is 0 Å². The molecule has 7 nitrogen and oxygen atoms in total. The van der Waals surface area contributed by atoms with Crippen LogP contribution < -0.4 is 5.32 Å². The van der Waals surface area contributed by atoms with Crippen molar-refractivity contribution < 1.29 is 19.4 Å². The molecule has 0 spiro atoms. The first-order valence-electron chi connectivity index (χ1n) is 6.60. The highest BCUT2D eigenvalue weighted by molar-refractivity contribution is 5.73. The van der Waals surface area contributed by atoms with Gasteiger partial charge in [0, 0.05) is 46.2 Å². The summed E-state index contributed by atoms with van der Waals surface area (Å²) in [5.41, 5.74) is 0. The predicted molar refractivity (Wildman–Crippen MR) is 70.2 cm³/mol. The third kappa shape index (κ3) is 6.97. The van der Waals surface area contributed by atoms with E-state index in [0.29, 0.717) is 19.5 Å². The molecule has 0 aromatic carbocycles. The van der Waals surface area contributed by atoms with Crippen molar-refractivity contribution in [2.45, 2.75) is 12.8 Å². The summed E-state index contributed by atoms with van der Waals surface area (Å²) < 4.78 is 5.24. The number of rotatable bonds is 7. The second-order valence-corrected chi connectivity index (χ2v) is 4.60. The Labute approximate surface area is 113 Å². The lowest BCUT2D eigenvalue weighted by molar-refractivity contribution is -0.137. The monoisotopic (exact) mass is 273 g/mol. The Hall–Kier alpha value is -1.34. The van der Waals surface area contributed by atoms with E-state index >= 15 is 0 Å². The van der Waals surface area contributed by atoms with E-state index in [1.165, 1.54) is 4.90 Å². The van der Waals surface area contributed by atoms with Gasteiger partial charge in [0.25, 0.3) is 0 Å². The van der Waals surface area contributed by atoms with Crippen LogP contribution in [0.5, 0.6) is 0 Å². The minimum atomic E-state index is -0.832. The topological polar surface area (TPSA) is 82.1 Å². The van der Waals surface area contributed by atoms with Crippen LogP contribution in [0.4, 0.5) is 4.79 Å². The van der Waals surface area contributed by atoms with Gasteiger partial charge in [0.1, 0.15) is 0 Å². The minimum absolute atomic E-state index is 0.0887. The second kappa shape index (κ2) is 8.71. The van der Waals surface area contributed by atoms with Gasteiger partial charge >= 0.3 is 12.0 Å². The standard InChI is InChI=1S/C12H23N3O4/c1-14(5-2-3-11(16)17)12(18)13-4-6-15-7-9-19-10-8-15/h2-10H2,1H3,(H,13,18)(H,16,17). The van der Waals surface area contributed by atoms with Crippen LogP contribution >= 0.6 is 0 Å². The Kier molecular flexibility index (Phi) is 7.20. The minimum Gasteiger partial charge on any atom is -0.481 e. The summed E-state index contributed by atoms with van der Waals surface area (Å²) in [6.07, 6.45) is 0.564. The number of carbonyl (C=O) groups excluding carboxylic acids is 1. The van der Waals surface area contributed by atoms with Gasteiger partial charge in [-0.1, -0.05) is 0 Å². The Morgan fingerprint density at radius 2 is 2.05 bits per heavy atom. The van der Waals surface area contributed by atoms with Crippen LogP contribution in [0.15, 0.2) is 0 Å². The van der Waals surface area contributed by atoms with Crippen LogP contribution in [0.2, 0.25) is 0 Å². The molecular formula is C12H23N3O4. The number of carboxylic acids is 1. The Morgan fingerprint density at radius 1 is 1.37 bits per heavy atom. The molecule has 1 aliphatic rings. The van der Waals surface area contributed by atoms with Crippen LogP contribution in [0.3, 0.4) is 0 Å². The number of hydrogen-bond acceptors (Lipinski definition) is 4. The van der Waals surface area contributed by atoms with Gasteiger partial charge in [-0.05, 0) is 6.42 Å². The zero-order valence-electron chi connectivity index (χ0n) is 11.4. The van der Waals surface area contributed by atoms with E-state index in [1.807, 2.05) is 0 Å². The van der Waals surface area contributed by atoms with E-state index in [1.54, 1.807) is 7.05 Å². The van der Waals surface area contributed by atoms with E-state index in [-0.39, 0.29) is 12.5 Å². The van der Waals surface area contributed by atoms with Crippen molar-refractivity contribution in [1.29, 1.82) is 0 Å². The Bertz CT molecular complexity index is 293. The number of ether oxygens (including phenoxy) is 1. The summed E-state index contributed by atoms with van der Waals surface area (Å²) in [5, 5.41) is 11.3. The summed E-state index contributed by atoms with van der Waals surface area (Å²) in [7, 11) is 1.67. The molecule has 2 N–H and O–H groups in total. The number of hydrogen-bond donors (Lipinski definition) is 2. The van der Waals surface area contributed by atoms with Gasteiger partial charge in [-0.25, -0.2) is 4.79 Å². The summed E-state index contributed by atoms with van der Waals surface area (Å²) in [5.74, 6) is -0.832. The predicted octanol–water partition coefficient (Wildman–Crippen LogP) is -0.175. The van der Waals surface area contributed by atoms with E-state index < -0.39 is 5.97 Å². The normalized spacial score (nSPS) is 16.1. The maximum Gasteiger partial charge on any atom is 0.317 e. The summed E-state index contributed by atoms with van der Waals surface area (Å²) in [6.45, 7) is 5.19. The zero-order valence-corrected chi connectivity index (χ0v) is 11.4. The average molecular weight is 273 g/mol. The average Bonchev–Trinajstić information content (AvgIpc) is 2.39. The number of morpholine rings is 1. The Morgan fingerprint density at radius 3 is 2.68 bits per heavy atom. The van der Waals surface area contributed by atoms with Crippen LogP contribution in [-0.4, -0.2) is 79.9 Å². The highest BCUT2D eigenvalue weighted by Crippen LogP contribution is 1.96. The molecule has 1 aliphatic heterocycles. The number of nitrogens with zero attached hydrogens (tertiary/aromatic N) is 2. The largest absolute Gasteiger partial charge is 0.481 e. The van der Waals surface area contributed by atoms with Crippen molar-refractivity contribution in [2.75, 3.05) is 53.0 Å². The van der Waals surface area contributed by atoms with Gasteiger partial charge in [-0.15, -0.1) is 0 Å². The van der Waals surface area contributed by atoms with Gasteiger partial charge in [-0.2, -0.15) is 0 Å². The number of aliphatic carboxylic acids is 1. The molecule has 1 heterocycles. The van der Waals surface area contributed by atoms with Gasteiger partial charge in [0.15, 0.2) is 0 Å². The van der Waals surface area contributed by atoms with Crippen LogP contribution in [0.25, 0.3) is 0 Å². The number of carboxylic acid groups (broad SMARTS) is 1. The van der Waals surface area contributed by atoms with E-state index in [9.17, 15) is 9.59 Å². The third-order valence-corrected chi connectivity index (χ3v) is 3.04. The highest BCUT2D eigenvalue weighted by atomic mass is 16.5. The molecule has 110 valence electrons. The molecule has 19 heavy (non-hydrogen) atoms. The molecule has 0 saturated carbocycles. The lowest BCUT2D eigenvalue weighted by Gasteiger charge is -2.27. The Balaban J connectivity index is 2.06. The SMILES string of the molecule is CN(CCCC(=O)O)C(=O)NCCN1CCOCC1. The van der Waals surface area contributed by atoms with Crippen molar-refractivity contribution in [3.63, 3.8) is 0 Å². The molecule has 0 aliphatic carbocycles. The molecule has 2 amide bonds. The smallest absolute Gasteiger partial charge is 0.317 e. The van der Waals surface area contributed by atoms with Crippen LogP contribution in [-0.2, 0) is 9.53 Å². The number of nitrogens with one attached hydrogen (secondary N) is 1. The molecule has 0 atom stereocenters. The quantitative estimate of drug-likeness (QED) is 0.673. The fraction of sp³-hybridized carbons (Fsp3) is 0.833. The van der Waals surface area contributed by atoms with Gasteiger partial charge < -0.3 is 20.1 Å². The van der Waals surface area contributed by atoms with Gasteiger partial charge in [0.05, 0.1) is 13.2 Å². The summed E-state index contributed by atoms with van der Waals surface area (Å²) in [4.78, 5) is 25.8. The van der Waals surface area contributed by atoms with Crippen molar-refractivity contribution in [2.24, 2.45) is 0 Å². The highest BCUT2D eigenvalue weighted by Gasteiger charge is 2.11. The molecule has 0 unspecified atom stereocenters. The fourth-order valence-corrected chi connectivity index (χ4v) is 1.85. The van der Waals surface area contributed by atoms with E-state index in [0.717, 1.165) is 32.8 Å². The van der Waals surface area contributed by atoms with Crippen molar-refractivity contribution in [3.05, 3.63) is 0 Å². The molecule has 1 rings (SSSR count). The fourth-order valence-electron chi connectivity index (χ4n) is 1.85. The number of amides is 2. The molecule has 1 fully saturated rings. The maximum atomic E-state index is 11.7. The van der Waals surface area contributed by atoms with Crippen LogP contribution in [0.1, 0.15) is 12.8 Å². The first-order valence-corrected chi connectivity index (χ1v) is 6.60. The number of urea groups is 1. The van der Waals surface area contributed by atoms with E-state index in [4.69, 9.17) is 9.84 Å². The molecular weight excluding hydrogens is 250 g/mol. The summed E-state index contributed by atoms with van der Waals surface area (Å²) in [6, 6.07) is -0.154. The first kappa shape index (κ1) is 15.7. The summed E-state index contributed by atoms with van der Waals surface area (Å²) >= 11 is 0. The lowest BCUT2D eigenvalue weighted by atomic mass is 10.3. The van der Waals surface area contributed by atoms with Crippen LogP contribution in [0, 0.1) is 0 Å². The van der Waals surface area contributed by atoms with Gasteiger partial charge in [-0.3, -0.25) is 9.69 Å². The molecule has 0 radical (unpaired) electrons. The molecule has 7 heteroatoms. The van der Waals surface area contributed by atoms with Crippen molar-refractivity contribution >= 4 is 12.0 Å². The molecule has 0 aromatic rings. The van der Waals surface area contributed by atoms with Gasteiger partial charge in [0.2, 0.25) is 0 Å². The molecule has 0 bridgehead atoms. The third-order valence-electron chi connectivity index (χ3n) is 3.04. The van der Waals surface area contributed by atoms with Crippen molar-refractivity contribution in [1.82, 2.24) is 15.1 Å². The second-order valence-electron chi connectivity index (χ2n) is 4.60. The number of carbonyl (C=O) groups is 2. The maximum absolute atomic E-state index is 11.7. The first-order chi connectivity index (χ1) is 9.09.